The molecule has 21 heavy (non-hydrogen) atoms. The topological polar surface area (TPSA) is 34.1 Å². The van der Waals surface area contributed by atoms with E-state index >= 15 is 0 Å². The maximum Gasteiger partial charge on any atom is 0.460 e. The Balaban J connectivity index is 6.02. The van der Waals surface area contributed by atoms with Gasteiger partial charge in [-0.25, -0.2) is 8.42 Å². The minimum absolute atomic E-state index is 3.71. The van der Waals surface area contributed by atoms with Crippen molar-refractivity contribution < 1.29 is 61.1 Å². The fourth-order valence-electron chi connectivity index (χ4n) is 0.862. The molecular weight excluding hydrogens is 364 g/mol. The van der Waals surface area contributed by atoms with E-state index in [4.69, 9.17) is 0 Å². The van der Waals surface area contributed by atoms with Crippen molar-refractivity contribution in [3.8, 4) is 0 Å². The van der Waals surface area contributed by atoms with Gasteiger partial charge in [-0.2, -0.15) is 52.7 Å². The molecule has 15 heteroatoms. The Labute approximate surface area is 107 Å². The number of hydrogen-bond donors (Lipinski definition) is 0. The summed E-state index contributed by atoms with van der Waals surface area (Å²) in [6.45, 7) is 0. The zero-order valence-electron chi connectivity index (χ0n) is 8.97. The quantitative estimate of drug-likeness (QED) is 0.715. The van der Waals surface area contributed by atoms with Gasteiger partial charge in [0.1, 0.15) is 0 Å². The summed E-state index contributed by atoms with van der Waals surface area (Å²) in [5.41, 5.74) is 0. The zero-order chi connectivity index (χ0) is 17.7. The van der Waals surface area contributed by atoms with Crippen LogP contribution in [0.2, 0.25) is 0 Å². The number of hydrogen-bond acceptors (Lipinski definition) is 2. The van der Waals surface area contributed by atoms with Gasteiger partial charge in [-0.05, 0) is 0 Å². The van der Waals surface area contributed by atoms with Crippen molar-refractivity contribution in [2.75, 3.05) is 5.75 Å². The summed E-state index contributed by atoms with van der Waals surface area (Å²) >= 11 is 0. The molecule has 0 saturated carbocycles. The summed E-state index contributed by atoms with van der Waals surface area (Å²) in [5, 5.41) is -7.31. The molecule has 0 N–H and O–H groups in total. The van der Waals surface area contributed by atoms with E-state index in [1.165, 1.54) is 0 Å². The van der Waals surface area contributed by atoms with Crippen LogP contribution < -0.4 is 0 Å². The first kappa shape index (κ1) is 20.1. The van der Waals surface area contributed by atoms with Crippen LogP contribution in [0.5, 0.6) is 0 Å². The number of halogens is 12. The van der Waals surface area contributed by atoms with Gasteiger partial charge in [0.05, 0.1) is 0 Å². The summed E-state index contributed by atoms with van der Waals surface area (Å²) in [7, 11) is -7.41. The lowest BCUT2D eigenvalue weighted by Crippen LogP contribution is -2.64. The molecule has 0 atom stereocenters. The van der Waals surface area contributed by atoms with Gasteiger partial charge >= 0.3 is 29.5 Å². The normalized spacial score (nSPS) is 16.2. The fraction of sp³-hybridized carbons (Fsp3) is 1.00. The van der Waals surface area contributed by atoms with Gasteiger partial charge in [0, 0.05) is 0 Å². The van der Waals surface area contributed by atoms with Crippen LogP contribution in [0.4, 0.5) is 52.7 Å². The third-order valence-electron chi connectivity index (χ3n) is 1.86. The van der Waals surface area contributed by atoms with Crippen LogP contribution in [0.15, 0.2) is 0 Å². The van der Waals surface area contributed by atoms with Gasteiger partial charge in [-0.1, -0.05) is 0 Å². The molecule has 0 saturated heterocycles. The molecule has 0 fully saturated rings. The molecule has 0 rings (SSSR count). The van der Waals surface area contributed by atoms with Gasteiger partial charge in [0.25, 0.3) is 0 Å². The summed E-state index contributed by atoms with van der Waals surface area (Å²) in [6.07, 6.45) is -13.4. The molecule has 0 bridgehead atoms. The van der Waals surface area contributed by atoms with Gasteiger partial charge in [0.15, 0.2) is 5.75 Å². The van der Waals surface area contributed by atoms with Crippen molar-refractivity contribution in [3.63, 3.8) is 0 Å². The second-order valence-corrected chi connectivity index (χ2v) is 5.57. The van der Waals surface area contributed by atoms with Crippen LogP contribution >= 0.6 is 0 Å². The van der Waals surface area contributed by atoms with Crippen LogP contribution in [0.1, 0.15) is 0 Å². The Morgan fingerprint density at radius 3 is 1.19 bits per heavy atom. The van der Waals surface area contributed by atoms with Crippen molar-refractivity contribution in [2.24, 2.45) is 0 Å². The molecule has 0 spiro atoms. The van der Waals surface area contributed by atoms with Crippen molar-refractivity contribution in [2.45, 2.75) is 29.5 Å². The zero-order valence-corrected chi connectivity index (χ0v) is 9.78. The predicted molar refractivity (Wildman–Crippen MR) is 40.7 cm³/mol. The van der Waals surface area contributed by atoms with Crippen molar-refractivity contribution in [1.29, 1.82) is 0 Å². The molecule has 2 nitrogen and oxygen atoms in total. The minimum Gasteiger partial charge on any atom is -0.222 e. The van der Waals surface area contributed by atoms with Crippen molar-refractivity contribution in [1.82, 2.24) is 0 Å². The average molecular weight is 366 g/mol. The van der Waals surface area contributed by atoms with Gasteiger partial charge in [-0.3, -0.25) is 0 Å². The maximum absolute atomic E-state index is 12.7. The average Bonchev–Trinajstić information content (AvgIpc) is 2.10. The molecule has 0 aliphatic carbocycles. The lowest BCUT2D eigenvalue weighted by atomic mass is 10.1. The van der Waals surface area contributed by atoms with Gasteiger partial charge in [0.2, 0.25) is 9.84 Å². The van der Waals surface area contributed by atoms with Crippen molar-refractivity contribution in [3.05, 3.63) is 0 Å². The van der Waals surface area contributed by atoms with E-state index in [0.717, 1.165) is 0 Å². The Morgan fingerprint density at radius 1 is 0.619 bits per heavy atom. The van der Waals surface area contributed by atoms with E-state index in [1.54, 1.807) is 0 Å². The Hall–Kier alpha value is -0.890. The smallest absolute Gasteiger partial charge is 0.222 e. The van der Waals surface area contributed by atoms with E-state index in [0.29, 0.717) is 0 Å². The highest BCUT2D eigenvalue weighted by molar-refractivity contribution is 7.92. The molecule has 0 aromatic heterocycles. The number of sulfone groups is 1. The van der Waals surface area contributed by atoms with Crippen LogP contribution in [0, 0.1) is 0 Å². The molecule has 0 radical (unpaired) electrons. The first-order chi connectivity index (χ1) is 8.71. The Morgan fingerprint density at radius 2 is 0.952 bits per heavy atom. The van der Waals surface area contributed by atoms with E-state index in [2.05, 4.69) is 0 Å². The molecule has 128 valence electrons. The maximum atomic E-state index is 12.7. The van der Waals surface area contributed by atoms with E-state index < -0.39 is 45.0 Å². The molecule has 0 aromatic carbocycles. The first-order valence-electron chi connectivity index (χ1n) is 4.20. The highest BCUT2D eigenvalue weighted by atomic mass is 32.2. The molecule has 0 unspecified atom stereocenters. The second kappa shape index (κ2) is 4.81. The molecule has 0 amide bonds. The Bertz CT molecular complexity index is 483. The SMILES string of the molecule is O=S(=O)(CC(F)(F)F)C(F)(F)C(F)(F)C(F)(F)C(F)(F)F. The lowest BCUT2D eigenvalue weighted by molar-refractivity contribution is -0.382. The van der Waals surface area contributed by atoms with Crippen LogP contribution in [0.25, 0.3) is 0 Å². The fourth-order valence-corrected chi connectivity index (χ4v) is 1.99. The van der Waals surface area contributed by atoms with Gasteiger partial charge < -0.3 is 0 Å². The minimum atomic E-state index is -7.65. The van der Waals surface area contributed by atoms with E-state index in [-0.39, 0.29) is 0 Å². The standard InChI is InChI=1S/C6H2F12O2S/c7-2(8,9)1-21(19,20)6(17,18)4(12,13)3(10,11)5(14,15)16/h1H2. The number of alkyl halides is 12. The number of rotatable bonds is 4. The molecule has 0 aliphatic rings. The summed E-state index contributed by atoms with van der Waals surface area (Å²) < 4.78 is 166. The second-order valence-electron chi connectivity index (χ2n) is 3.54. The van der Waals surface area contributed by atoms with Crippen molar-refractivity contribution >= 4 is 9.84 Å². The first-order valence-corrected chi connectivity index (χ1v) is 5.85. The molecule has 0 heterocycles. The highest BCUT2D eigenvalue weighted by Gasteiger charge is 2.85. The molecule has 0 aliphatic heterocycles. The summed E-state index contributed by atoms with van der Waals surface area (Å²) in [6, 6.07) is 0. The Kier molecular flexibility index (Phi) is 4.60. The van der Waals surface area contributed by atoms with Crippen LogP contribution in [-0.2, 0) is 9.84 Å². The van der Waals surface area contributed by atoms with E-state index in [1.807, 2.05) is 0 Å². The predicted octanol–water partition coefficient (Wildman–Crippen LogP) is 3.39. The summed E-state index contributed by atoms with van der Waals surface area (Å²) in [4.78, 5) is 0. The third kappa shape index (κ3) is 3.31. The summed E-state index contributed by atoms with van der Waals surface area (Å²) in [5.74, 6) is -18.9. The largest absolute Gasteiger partial charge is 0.460 e. The molecular formula is C6H2F12O2S. The highest BCUT2D eigenvalue weighted by Crippen LogP contribution is 2.55. The third-order valence-corrected chi connectivity index (χ3v) is 3.61. The monoisotopic (exact) mass is 366 g/mol. The van der Waals surface area contributed by atoms with E-state index in [9.17, 15) is 61.1 Å². The lowest BCUT2D eigenvalue weighted by Gasteiger charge is -2.33. The van der Waals surface area contributed by atoms with Gasteiger partial charge in [-0.15, -0.1) is 0 Å². The van der Waals surface area contributed by atoms with Crippen LogP contribution in [-0.4, -0.2) is 43.6 Å². The molecule has 0 aromatic rings. The van der Waals surface area contributed by atoms with Crippen LogP contribution in [0.3, 0.4) is 0 Å².